The number of nitrogens with zero attached hydrogens (tertiary/aromatic N) is 6. The number of halogens is 8. The molecule has 18 heteroatoms. The Hall–Kier alpha value is -5.03. The van der Waals surface area contributed by atoms with Gasteiger partial charge in [-0.1, -0.05) is 22.9 Å². The summed E-state index contributed by atoms with van der Waals surface area (Å²) in [5.41, 5.74) is -2.21. The second-order valence-corrected chi connectivity index (χ2v) is 10.0. The molecular weight excluding hydrogens is 653 g/mol. The number of aromatic nitrogens is 6. The van der Waals surface area contributed by atoms with Crippen molar-refractivity contribution in [1.82, 2.24) is 24.8 Å². The summed E-state index contributed by atoms with van der Waals surface area (Å²) in [6, 6.07) is 7.02. The molecule has 0 aliphatic heterocycles. The van der Waals surface area contributed by atoms with Crippen LogP contribution in [-0.4, -0.2) is 49.1 Å². The van der Waals surface area contributed by atoms with Gasteiger partial charge < -0.3 is 15.1 Å². The molecule has 3 aromatic heterocycles. The van der Waals surface area contributed by atoms with E-state index in [2.05, 4.69) is 20.1 Å². The van der Waals surface area contributed by atoms with Gasteiger partial charge in [-0.15, -0.1) is 5.10 Å². The highest BCUT2D eigenvalue weighted by molar-refractivity contribution is 6.31. The Morgan fingerprint density at radius 3 is 2.43 bits per heavy atom. The maximum atomic E-state index is 15.3. The zero-order valence-electron chi connectivity index (χ0n) is 22.8. The van der Waals surface area contributed by atoms with E-state index >= 15 is 4.39 Å². The predicted octanol–water partition coefficient (Wildman–Crippen LogP) is 6.30. The first-order valence-corrected chi connectivity index (χ1v) is 13.3. The molecule has 0 aliphatic rings. The minimum atomic E-state index is -4.84. The molecule has 0 bridgehead atoms. The average Bonchev–Trinajstić information content (AvgIpc) is 3.68. The molecule has 2 aromatic carbocycles. The van der Waals surface area contributed by atoms with Crippen LogP contribution in [0.15, 0.2) is 67.3 Å². The van der Waals surface area contributed by atoms with E-state index < -0.39 is 59.3 Å². The Kier molecular flexibility index (Phi) is 8.98. The van der Waals surface area contributed by atoms with Gasteiger partial charge in [0.1, 0.15) is 11.9 Å². The van der Waals surface area contributed by atoms with Gasteiger partial charge in [-0.25, -0.2) is 18.3 Å². The fourth-order valence-electron chi connectivity index (χ4n) is 4.63. The third-order valence-corrected chi connectivity index (χ3v) is 7.06. The number of benzene rings is 2. The molecule has 0 saturated heterocycles. The molecule has 0 amide bonds. The quantitative estimate of drug-likeness (QED) is 0.105. The summed E-state index contributed by atoms with van der Waals surface area (Å²) < 4.78 is 101. The van der Waals surface area contributed by atoms with Crippen LogP contribution in [0.4, 0.5) is 30.7 Å². The number of alkyl halides is 5. The Morgan fingerprint density at radius 2 is 1.80 bits per heavy atom. The number of pyridine rings is 1. The van der Waals surface area contributed by atoms with Crippen LogP contribution in [0.1, 0.15) is 34.2 Å². The summed E-state index contributed by atoms with van der Waals surface area (Å²) in [5, 5.41) is 32.7. The number of carboxylic acids is 1. The first kappa shape index (κ1) is 32.4. The van der Waals surface area contributed by atoms with Crippen LogP contribution < -0.4 is 4.73 Å². The van der Waals surface area contributed by atoms with E-state index in [1.54, 1.807) is 0 Å². The maximum absolute atomic E-state index is 15.3. The van der Waals surface area contributed by atoms with Gasteiger partial charge in [-0.2, -0.15) is 31.8 Å². The van der Waals surface area contributed by atoms with Crippen molar-refractivity contribution in [1.29, 1.82) is 0 Å². The number of ether oxygens (including phenoxy) is 1. The summed E-state index contributed by atoms with van der Waals surface area (Å²) in [6.07, 6.45) is -0.986. The number of aromatic carboxylic acids is 1. The smallest absolute Gasteiger partial charge is 0.436 e. The van der Waals surface area contributed by atoms with Crippen LogP contribution in [0.3, 0.4) is 0 Å². The van der Waals surface area contributed by atoms with Crippen molar-refractivity contribution < 1.29 is 50.1 Å². The SMILES string of the molecule is O=C(O)c1ccc(-c2cnn([C@@H](CCOC(F)F)c3ccc(-c4c(-n5cc(C(F)(F)F)nn5)ccc(Cl)c4F)c[n+]3[O-])c2)cc1F. The number of hydrogen-bond donors (Lipinski definition) is 1. The van der Waals surface area contributed by atoms with Crippen molar-refractivity contribution in [2.45, 2.75) is 25.3 Å². The molecular formula is C28H18ClF7N6O4. The van der Waals surface area contributed by atoms with E-state index in [1.807, 2.05) is 0 Å². The van der Waals surface area contributed by atoms with Crippen molar-refractivity contribution >= 4 is 17.6 Å². The van der Waals surface area contributed by atoms with E-state index in [9.17, 15) is 36.3 Å². The minimum Gasteiger partial charge on any atom is -0.618 e. The molecule has 5 aromatic rings. The Morgan fingerprint density at radius 1 is 1.07 bits per heavy atom. The van der Waals surface area contributed by atoms with Crippen LogP contribution in [-0.2, 0) is 10.9 Å². The zero-order valence-corrected chi connectivity index (χ0v) is 23.6. The van der Waals surface area contributed by atoms with Crippen LogP contribution in [0, 0.1) is 16.8 Å². The third-order valence-electron chi connectivity index (χ3n) is 6.77. The normalized spacial score (nSPS) is 12.5. The van der Waals surface area contributed by atoms with Gasteiger partial charge >= 0.3 is 18.8 Å². The van der Waals surface area contributed by atoms with Crippen LogP contribution in [0.5, 0.6) is 0 Å². The number of carbonyl (C=O) groups is 1. The van der Waals surface area contributed by atoms with Gasteiger partial charge in [0.2, 0.25) is 5.69 Å². The van der Waals surface area contributed by atoms with Crippen LogP contribution in [0.2, 0.25) is 5.02 Å². The molecule has 0 spiro atoms. The first-order chi connectivity index (χ1) is 21.7. The molecule has 3 heterocycles. The standard InChI is InChI=1S/C28H18ClF7N6O4/c29-18-4-6-22(41-13-23(38-39-41)28(34,35)36)24(25(18)31)15-2-5-21(42(45)12-15)20(7-8-46-27(32)33)40-11-16(10-37-40)14-1-3-17(26(43)44)19(30)9-14/h1-6,9-13,20,27H,7-8H2,(H,43,44)/t20-/m0/s1. The molecule has 0 fully saturated rings. The van der Waals surface area contributed by atoms with Crippen LogP contribution in [0.25, 0.3) is 27.9 Å². The Labute approximate surface area is 258 Å². The highest BCUT2D eigenvalue weighted by Crippen LogP contribution is 2.35. The highest BCUT2D eigenvalue weighted by Gasteiger charge is 2.35. The number of hydrogen-bond acceptors (Lipinski definition) is 6. The molecule has 46 heavy (non-hydrogen) atoms. The van der Waals surface area contributed by atoms with Crippen molar-refractivity contribution in [3.63, 3.8) is 0 Å². The summed E-state index contributed by atoms with van der Waals surface area (Å²) in [6.45, 7) is -3.66. The molecule has 5 rings (SSSR count). The fourth-order valence-corrected chi connectivity index (χ4v) is 4.78. The lowest BCUT2D eigenvalue weighted by molar-refractivity contribution is -0.615. The molecule has 1 N–H and O–H groups in total. The monoisotopic (exact) mass is 670 g/mol. The van der Waals surface area contributed by atoms with E-state index in [0.717, 1.165) is 24.4 Å². The molecule has 1 atom stereocenters. The van der Waals surface area contributed by atoms with Crippen molar-refractivity contribution in [3.8, 4) is 27.9 Å². The lowest BCUT2D eigenvalue weighted by Crippen LogP contribution is -2.36. The van der Waals surface area contributed by atoms with Crippen molar-refractivity contribution in [2.24, 2.45) is 0 Å². The number of rotatable bonds is 10. The Bertz CT molecular complexity index is 1910. The summed E-state index contributed by atoms with van der Waals surface area (Å²) >= 11 is 5.95. The van der Waals surface area contributed by atoms with Gasteiger partial charge in [0.05, 0.1) is 46.4 Å². The van der Waals surface area contributed by atoms with E-state index in [-0.39, 0.29) is 39.2 Å². The largest absolute Gasteiger partial charge is 0.618 e. The lowest BCUT2D eigenvalue weighted by Gasteiger charge is -2.18. The van der Waals surface area contributed by atoms with E-state index in [4.69, 9.17) is 16.7 Å². The molecule has 240 valence electrons. The van der Waals surface area contributed by atoms with Gasteiger partial charge in [0.15, 0.2) is 17.7 Å². The fraction of sp³-hybridized carbons (Fsp3) is 0.179. The van der Waals surface area contributed by atoms with E-state index in [1.165, 1.54) is 41.3 Å². The van der Waals surface area contributed by atoms with E-state index in [0.29, 0.717) is 16.4 Å². The molecule has 0 unspecified atom stereocenters. The van der Waals surface area contributed by atoms with Crippen molar-refractivity contribution in [3.05, 3.63) is 106 Å². The van der Waals surface area contributed by atoms with Gasteiger partial charge in [-0.3, -0.25) is 4.68 Å². The number of carboxylic acid groups (broad SMARTS) is 1. The minimum absolute atomic E-state index is 0.0900. The van der Waals surface area contributed by atoms with Crippen molar-refractivity contribution in [2.75, 3.05) is 6.61 Å². The van der Waals surface area contributed by atoms with Gasteiger partial charge in [0.25, 0.3) is 0 Å². The zero-order chi connectivity index (χ0) is 33.3. The van der Waals surface area contributed by atoms with Gasteiger partial charge in [-0.05, 0) is 35.9 Å². The highest BCUT2D eigenvalue weighted by atomic mass is 35.5. The predicted molar refractivity (Wildman–Crippen MR) is 145 cm³/mol. The lowest BCUT2D eigenvalue weighted by atomic mass is 10.0. The topological polar surface area (TPSA) is 122 Å². The average molecular weight is 671 g/mol. The Balaban J connectivity index is 1.54. The third kappa shape index (κ3) is 6.64. The molecule has 0 radical (unpaired) electrons. The summed E-state index contributed by atoms with van der Waals surface area (Å²) in [7, 11) is 0. The maximum Gasteiger partial charge on any atom is 0.436 e. The second-order valence-electron chi connectivity index (χ2n) is 9.61. The summed E-state index contributed by atoms with van der Waals surface area (Å²) in [4.78, 5) is 11.1. The molecule has 0 saturated carbocycles. The molecule has 0 aliphatic carbocycles. The molecule has 10 nitrogen and oxygen atoms in total. The van der Waals surface area contributed by atoms with Crippen LogP contribution >= 0.6 is 11.6 Å². The summed E-state index contributed by atoms with van der Waals surface area (Å²) in [5.74, 6) is -3.56. The van der Waals surface area contributed by atoms with Gasteiger partial charge in [0, 0.05) is 24.2 Å². The second kappa shape index (κ2) is 12.8. The first-order valence-electron chi connectivity index (χ1n) is 12.9.